The average molecular weight is 292 g/mol. The molecule has 5 heteroatoms. The zero-order valence-electron chi connectivity index (χ0n) is 13.4. The number of anilines is 1. The molecule has 0 N–H and O–H groups in total. The summed E-state index contributed by atoms with van der Waals surface area (Å²) in [6, 6.07) is 0.736. The molecule has 0 aliphatic carbocycles. The minimum Gasteiger partial charge on any atom is -0.408 e. The van der Waals surface area contributed by atoms with E-state index >= 15 is 0 Å². The van der Waals surface area contributed by atoms with E-state index in [9.17, 15) is 0 Å². The lowest BCUT2D eigenvalue weighted by Gasteiger charge is -2.38. The molecule has 0 atom stereocenters. The van der Waals surface area contributed by atoms with Gasteiger partial charge in [-0.05, 0) is 64.1 Å². The summed E-state index contributed by atoms with van der Waals surface area (Å²) in [5, 5.41) is 8.34. The van der Waals surface area contributed by atoms with Crippen LogP contribution >= 0.6 is 0 Å². The van der Waals surface area contributed by atoms with Gasteiger partial charge in [-0.2, -0.15) is 0 Å². The lowest BCUT2D eigenvalue weighted by atomic mass is 9.79. The van der Waals surface area contributed by atoms with Crippen molar-refractivity contribution < 1.29 is 4.42 Å². The van der Waals surface area contributed by atoms with Crippen LogP contribution in [0, 0.1) is 11.8 Å². The molecule has 3 rings (SSSR count). The molecule has 0 radical (unpaired) electrons. The van der Waals surface area contributed by atoms with Gasteiger partial charge in [0.1, 0.15) is 0 Å². The summed E-state index contributed by atoms with van der Waals surface area (Å²) in [6.45, 7) is 6.83. The molecule has 2 aliphatic heterocycles. The van der Waals surface area contributed by atoms with E-state index in [-0.39, 0.29) is 0 Å². The highest BCUT2D eigenvalue weighted by Crippen LogP contribution is 2.33. The fourth-order valence-corrected chi connectivity index (χ4v) is 3.75. The Hall–Kier alpha value is -1.10. The van der Waals surface area contributed by atoms with E-state index in [0.717, 1.165) is 49.7 Å². The minimum absolute atomic E-state index is 0.736. The SMILES string of the molecule is CCCc1nnc(N2CCC(C3CCN(C)CC3)CC2)o1. The van der Waals surface area contributed by atoms with Gasteiger partial charge in [0.15, 0.2) is 0 Å². The summed E-state index contributed by atoms with van der Waals surface area (Å²) >= 11 is 0. The lowest BCUT2D eigenvalue weighted by molar-refractivity contribution is 0.153. The van der Waals surface area contributed by atoms with E-state index in [1.807, 2.05) is 0 Å². The summed E-state index contributed by atoms with van der Waals surface area (Å²) in [5.41, 5.74) is 0. The second-order valence-electron chi connectivity index (χ2n) is 6.69. The summed E-state index contributed by atoms with van der Waals surface area (Å²) < 4.78 is 5.76. The van der Waals surface area contributed by atoms with Gasteiger partial charge in [-0.15, -0.1) is 5.10 Å². The van der Waals surface area contributed by atoms with E-state index in [1.54, 1.807) is 0 Å². The molecule has 0 spiro atoms. The zero-order chi connectivity index (χ0) is 14.7. The molecule has 2 fully saturated rings. The molecule has 21 heavy (non-hydrogen) atoms. The predicted molar refractivity (Wildman–Crippen MR) is 83.5 cm³/mol. The molecule has 0 bridgehead atoms. The third kappa shape index (κ3) is 3.57. The van der Waals surface area contributed by atoms with Gasteiger partial charge in [-0.1, -0.05) is 12.0 Å². The number of aryl methyl sites for hydroxylation is 1. The summed E-state index contributed by atoms with van der Waals surface area (Å²) in [4.78, 5) is 4.73. The van der Waals surface area contributed by atoms with Crippen molar-refractivity contribution in [3.63, 3.8) is 0 Å². The Kier molecular flexibility index (Phi) is 4.78. The molecule has 1 aromatic heterocycles. The van der Waals surface area contributed by atoms with Gasteiger partial charge in [-0.25, -0.2) is 0 Å². The first kappa shape index (κ1) is 14.8. The molecular formula is C16H28N4O. The average Bonchev–Trinajstić information content (AvgIpc) is 2.97. The zero-order valence-corrected chi connectivity index (χ0v) is 13.4. The second kappa shape index (κ2) is 6.77. The Morgan fingerprint density at radius 1 is 1.00 bits per heavy atom. The quantitative estimate of drug-likeness (QED) is 0.853. The standard InChI is InChI=1S/C16H28N4O/c1-3-4-15-17-18-16(21-15)20-11-7-14(8-12-20)13-5-9-19(2)10-6-13/h13-14H,3-12H2,1-2H3. The van der Waals surface area contributed by atoms with Crippen molar-refractivity contribution in [2.75, 3.05) is 38.1 Å². The largest absolute Gasteiger partial charge is 0.408 e. The van der Waals surface area contributed by atoms with Crippen LogP contribution in [-0.4, -0.2) is 48.3 Å². The molecule has 3 heterocycles. The summed E-state index contributed by atoms with van der Waals surface area (Å²) in [6.07, 6.45) is 7.25. The minimum atomic E-state index is 0.736. The maximum atomic E-state index is 5.76. The Bertz CT molecular complexity index is 431. The van der Waals surface area contributed by atoms with Crippen LogP contribution in [0.5, 0.6) is 0 Å². The summed E-state index contributed by atoms with van der Waals surface area (Å²) in [7, 11) is 2.24. The van der Waals surface area contributed by atoms with Crippen LogP contribution in [0.3, 0.4) is 0 Å². The van der Waals surface area contributed by atoms with Gasteiger partial charge >= 0.3 is 6.01 Å². The van der Waals surface area contributed by atoms with Gasteiger partial charge in [0.2, 0.25) is 5.89 Å². The van der Waals surface area contributed by atoms with Gasteiger partial charge in [0, 0.05) is 19.5 Å². The number of aromatic nitrogens is 2. The monoisotopic (exact) mass is 292 g/mol. The van der Waals surface area contributed by atoms with Gasteiger partial charge in [0.05, 0.1) is 0 Å². The van der Waals surface area contributed by atoms with Crippen LogP contribution in [0.15, 0.2) is 4.42 Å². The molecular weight excluding hydrogens is 264 g/mol. The molecule has 0 amide bonds. The van der Waals surface area contributed by atoms with Crippen molar-refractivity contribution in [3.8, 4) is 0 Å². The highest BCUT2D eigenvalue weighted by atomic mass is 16.4. The predicted octanol–water partition coefficient (Wildman–Crippen LogP) is 2.58. The van der Waals surface area contributed by atoms with Crippen LogP contribution in [-0.2, 0) is 6.42 Å². The van der Waals surface area contributed by atoms with Crippen molar-refractivity contribution >= 4 is 6.01 Å². The molecule has 0 aromatic carbocycles. The van der Waals surface area contributed by atoms with Crippen molar-refractivity contribution in [2.24, 2.45) is 11.8 Å². The van der Waals surface area contributed by atoms with Crippen LogP contribution in [0.25, 0.3) is 0 Å². The van der Waals surface area contributed by atoms with Crippen LogP contribution in [0.1, 0.15) is 44.9 Å². The maximum Gasteiger partial charge on any atom is 0.318 e. The smallest absolute Gasteiger partial charge is 0.318 e. The molecule has 2 aliphatic rings. The number of piperidine rings is 2. The van der Waals surface area contributed by atoms with Crippen molar-refractivity contribution in [1.29, 1.82) is 0 Å². The van der Waals surface area contributed by atoms with Crippen LogP contribution in [0.2, 0.25) is 0 Å². The third-order valence-corrected chi connectivity index (χ3v) is 5.16. The van der Waals surface area contributed by atoms with Crippen LogP contribution < -0.4 is 4.90 Å². The highest BCUT2D eigenvalue weighted by Gasteiger charge is 2.30. The molecule has 5 nitrogen and oxygen atoms in total. The fourth-order valence-electron chi connectivity index (χ4n) is 3.75. The second-order valence-corrected chi connectivity index (χ2v) is 6.69. The van der Waals surface area contributed by atoms with E-state index < -0.39 is 0 Å². The number of likely N-dealkylation sites (tertiary alicyclic amines) is 1. The van der Waals surface area contributed by atoms with Gasteiger partial charge in [-0.3, -0.25) is 0 Å². The number of rotatable bonds is 4. The number of hydrogen-bond donors (Lipinski definition) is 0. The van der Waals surface area contributed by atoms with Gasteiger partial charge < -0.3 is 14.2 Å². The van der Waals surface area contributed by atoms with Crippen molar-refractivity contribution in [3.05, 3.63) is 5.89 Å². The molecule has 0 saturated carbocycles. The number of nitrogens with zero attached hydrogens (tertiary/aromatic N) is 4. The first-order chi connectivity index (χ1) is 10.3. The first-order valence-electron chi connectivity index (χ1n) is 8.52. The molecule has 1 aromatic rings. The van der Waals surface area contributed by atoms with E-state index in [4.69, 9.17) is 4.42 Å². The Labute approximate surface area is 127 Å². The Morgan fingerprint density at radius 3 is 2.24 bits per heavy atom. The molecule has 2 saturated heterocycles. The first-order valence-corrected chi connectivity index (χ1v) is 8.52. The highest BCUT2D eigenvalue weighted by molar-refractivity contribution is 5.24. The van der Waals surface area contributed by atoms with Crippen molar-refractivity contribution in [2.45, 2.75) is 45.4 Å². The molecule has 0 unspecified atom stereocenters. The topological polar surface area (TPSA) is 45.4 Å². The maximum absolute atomic E-state index is 5.76. The lowest BCUT2D eigenvalue weighted by Crippen LogP contribution is -2.40. The molecule has 118 valence electrons. The van der Waals surface area contributed by atoms with E-state index in [2.05, 4.69) is 34.0 Å². The van der Waals surface area contributed by atoms with E-state index in [1.165, 1.54) is 38.8 Å². The summed E-state index contributed by atoms with van der Waals surface area (Å²) in [5.74, 6) is 2.61. The van der Waals surface area contributed by atoms with Gasteiger partial charge in [0.25, 0.3) is 0 Å². The number of hydrogen-bond acceptors (Lipinski definition) is 5. The Morgan fingerprint density at radius 2 is 1.62 bits per heavy atom. The van der Waals surface area contributed by atoms with Crippen molar-refractivity contribution in [1.82, 2.24) is 15.1 Å². The van der Waals surface area contributed by atoms with E-state index in [0.29, 0.717) is 0 Å². The Balaban J connectivity index is 1.50. The normalized spacial score (nSPS) is 22.9. The fraction of sp³-hybridized carbons (Fsp3) is 0.875. The van der Waals surface area contributed by atoms with Crippen LogP contribution in [0.4, 0.5) is 6.01 Å². The third-order valence-electron chi connectivity index (χ3n) is 5.16.